The van der Waals surface area contributed by atoms with E-state index < -0.39 is 0 Å². The number of halogens is 1. The van der Waals surface area contributed by atoms with E-state index in [1.807, 2.05) is 18.2 Å². The third-order valence-corrected chi connectivity index (χ3v) is 4.17. The summed E-state index contributed by atoms with van der Waals surface area (Å²) < 4.78 is 0. The molecule has 0 aliphatic rings. The van der Waals surface area contributed by atoms with Crippen LogP contribution < -0.4 is 16.4 Å². The van der Waals surface area contributed by atoms with Gasteiger partial charge in [-0.2, -0.15) is 0 Å². The molecular weight excluding hydrogens is 348 g/mol. The molecule has 2 amide bonds. The van der Waals surface area contributed by atoms with Crippen molar-refractivity contribution in [2.75, 3.05) is 20.1 Å². The molecule has 0 radical (unpaired) electrons. The molecule has 0 bridgehead atoms. The molecule has 1 aromatic carbocycles. The molecule has 1 heterocycles. The van der Waals surface area contributed by atoms with Gasteiger partial charge in [0.05, 0.1) is 5.01 Å². The first-order chi connectivity index (χ1) is 11.1. The zero-order valence-corrected chi connectivity index (χ0v) is 15.0. The highest BCUT2D eigenvalue weighted by molar-refractivity contribution is 7.09. The van der Waals surface area contributed by atoms with Gasteiger partial charge in [-0.15, -0.1) is 23.7 Å². The largest absolute Gasteiger partial charge is 0.355 e. The van der Waals surface area contributed by atoms with Crippen LogP contribution in [0.3, 0.4) is 0 Å². The maximum Gasteiger partial charge on any atom is 0.270 e. The number of thiazole rings is 1. The molecule has 2 aromatic rings. The number of hydrogen-bond acceptors (Lipinski definition) is 5. The van der Waals surface area contributed by atoms with Crippen LogP contribution in [0.25, 0.3) is 0 Å². The highest BCUT2D eigenvalue weighted by Gasteiger charge is 2.10. The predicted molar refractivity (Wildman–Crippen MR) is 98.0 cm³/mol. The van der Waals surface area contributed by atoms with E-state index in [0.717, 1.165) is 10.6 Å². The molecule has 0 fully saturated rings. The fraction of sp³-hybridized carbons (Fsp3) is 0.312. The second kappa shape index (κ2) is 10.0. The van der Waals surface area contributed by atoms with E-state index in [1.54, 1.807) is 18.5 Å². The molecule has 0 spiro atoms. The van der Waals surface area contributed by atoms with Crippen molar-refractivity contribution < 1.29 is 9.59 Å². The van der Waals surface area contributed by atoms with E-state index >= 15 is 0 Å². The molecule has 0 unspecified atom stereocenters. The summed E-state index contributed by atoms with van der Waals surface area (Å²) in [4.78, 5) is 27.9. The van der Waals surface area contributed by atoms with Crippen LogP contribution in [-0.2, 0) is 12.8 Å². The zero-order chi connectivity index (χ0) is 16.7. The lowest BCUT2D eigenvalue weighted by Crippen LogP contribution is -2.26. The molecule has 0 aliphatic carbocycles. The average Bonchev–Trinajstić information content (AvgIpc) is 3.03. The van der Waals surface area contributed by atoms with Gasteiger partial charge in [0.1, 0.15) is 5.69 Å². The van der Waals surface area contributed by atoms with E-state index in [-0.39, 0.29) is 24.2 Å². The minimum Gasteiger partial charge on any atom is -0.355 e. The Kier molecular flexibility index (Phi) is 8.39. The highest BCUT2D eigenvalue weighted by atomic mass is 35.5. The van der Waals surface area contributed by atoms with Crippen LogP contribution in [0, 0.1) is 0 Å². The molecule has 4 N–H and O–H groups in total. The lowest BCUT2D eigenvalue weighted by Gasteiger charge is -2.06. The smallest absolute Gasteiger partial charge is 0.270 e. The van der Waals surface area contributed by atoms with Gasteiger partial charge in [-0.3, -0.25) is 9.59 Å². The van der Waals surface area contributed by atoms with Gasteiger partial charge in [0.25, 0.3) is 11.8 Å². The number of nitrogens with zero attached hydrogens (tertiary/aromatic N) is 1. The maximum absolute atomic E-state index is 12.0. The predicted octanol–water partition coefficient (Wildman–Crippen LogP) is 1.40. The van der Waals surface area contributed by atoms with Crippen LogP contribution in [0.2, 0.25) is 0 Å². The van der Waals surface area contributed by atoms with E-state index in [9.17, 15) is 9.59 Å². The summed E-state index contributed by atoms with van der Waals surface area (Å²) >= 11 is 1.44. The summed E-state index contributed by atoms with van der Waals surface area (Å²) in [7, 11) is 1.60. The lowest BCUT2D eigenvalue weighted by atomic mass is 10.1. The molecule has 2 rings (SSSR count). The van der Waals surface area contributed by atoms with Crippen molar-refractivity contribution in [2.24, 2.45) is 5.73 Å². The molecular formula is C16H21ClN4O2S. The van der Waals surface area contributed by atoms with Gasteiger partial charge < -0.3 is 16.4 Å². The molecule has 6 nitrogen and oxygen atoms in total. The Labute approximate surface area is 151 Å². The number of aromatic nitrogens is 1. The Bertz CT molecular complexity index is 690. The quantitative estimate of drug-likeness (QED) is 0.688. The second-order valence-electron chi connectivity index (χ2n) is 4.95. The summed E-state index contributed by atoms with van der Waals surface area (Å²) in [6.07, 6.45) is 1.33. The van der Waals surface area contributed by atoms with Crippen molar-refractivity contribution >= 4 is 35.6 Å². The number of carbonyl (C=O) groups excluding carboxylic acids is 2. The fourth-order valence-corrected chi connectivity index (χ4v) is 2.87. The van der Waals surface area contributed by atoms with Crippen LogP contribution in [0.5, 0.6) is 0 Å². The summed E-state index contributed by atoms with van der Waals surface area (Å²) in [5.41, 5.74) is 7.51. The molecule has 1 aromatic heterocycles. The first kappa shape index (κ1) is 20.1. The monoisotopic (exact) mass is 368 g/mol. The molecule has 0 saturated carbocycles. The number of hydrogen-bond donors (Lipinski definition) is 3. The van der Waals surface area contributed by atoms with Gasteiger partial charge in [0, 0.05) is 31.0 Å². The van der Waals surface area contributed by atoms with E-state index in [4.69, 9.17) is 5.73 Å². The van der Waals surface area contributed by atoms with Crippen LogP contribution >= 0.6 is 23.7 Å². The summed E-state index contributed by atoms with van der Waals surface area (Å²) in [6, 6.07) is 7.35. The number of nitrogens with one attached hydrogen (secondary N) is 2. The summed E-state index contributed by atoms with van der Waals surface area (Å²) in [6.45, 7) is 1.01. The van der Waals surface area contributed by atoms with Crippen LogP contribution in [0.1, 0.15) is 31.4 Å². The van der Waals surface area contributed by atoms with Gasteiger partial charge in [-0.25, -0.2) is 4.98 Å². The average molecular weight is 369 g/mol. The van der Waals surface area contributed by atoms with Gasteiger partial charge in [0.15, 0.2) is 0 Å². The standard InChI is InChI=1S/C16H20N4O2S.ClH/c1-18-15(21)12-4-2-3-11(9-12)6-8-19-16(22)13-10-23-14(20-13)5-7-17;/h2-4,9-10H,5-8,17H2,1H3,(H,18,21)(H,19,22);1H. The van der Waals surface area contributed by atoms with Crippen molar-refractivity contribution in [1.29, 1.82) is 0 Å². The molecule has 0 atom stereocenters. The van der Waals surface area contributed by atoms with Crippen LogP contribution in [0.15, 0.2) is 29.6 Å². The minimum absolute atomic E-state index is 0. The second-order valence-corrected chi connectivity index (χ2v) is 5.89. The Morgan fingerprint density at radius 2 is 2.04 bits per heavy atom. The number of nitrogens with two attached hydrogens (primary N) is 1. The van der Waals surface area contributed by atoms with Gasteiger partial charge in [-0.1, -0.05) is 12.1 Å². The zero-order valence-electron chi connectivity index (χ0n) is 13.4. The molecule has 130 valence electrons. The summed E-state index contributed by atoms with van der Waals surface area (Å²) in [5, 5.41) is 8.05. The van der Waals surface area contributed by atoms with Crippen molar-refractivity contribution in [2.45, 2.75) is 12.8 Å². The van der Waals surface area contributed by atoms with Gasteiger partial charge >= 0.3 is 0 Å². The third kappa shape index (κ3) is 5.59. The SMILES string of the molecule is CNC(=O)c1cccc(CCNC(=O)c2csc(CCN)n2)c1.Cl. The molecule has 24 heavy (non-hydrogen) atoms. The number of rotatable bonds is 7. The molecule has 8 heteroatoms. The van der Waals surface area contributed by atoms with E-state index in [1.165, 1.54) is 11.3 Å². The Morgan fingerprint density at radius 1 is 1.25 bits per heavy atom. The molecule has 0 aliphatic heterocycles. The van der Waals surface area contributed by atoms with Gasteiger partial charge in [0.2, 0.25) is 0 Å². The van der Waals surface area contributed by atoms with Crippen LogP contribution in [0.4, 0.5) is 0 Å². The van der Waals surface area contributed by atoms with Crippen molar-refractivity contribution in [1.82, 2.24) is 15.6 Å². The van der Waals surface area contributed by atoms with E-state index in [0.29, 0.717) is 37.2 Å². The normalized spacial score (nSPS) is 9.92. The Hall–Kier alpha value is -1.96. The summed E-state index contributed by atoms with van der Waals surface area (Å²) in [5.74, 6) is -0.308. The Balaban J connectivity index is 0.00000288. The van der Waals surface area contributed by atoms with Gasteiger partial charge in [-0.05, 0) is 30.7 Å². The fourth-order valence-electron chi connectivity index (χ4n) is 2.08. The Morgan fingerprint density at radius 3 is 2.75 bits per heavy atom. The third-order valence-electron chi connectivity index (χ3n) is 3.26. The van der Waals surface area contributed by atoms with Crippen molar-refractivity contribution in [3.8, 4) is 0 Å². The van der Waals surface area contributed by atoms with Crippen LogP contribution in [-0.4, -0.2) is 36.9 Å². The minimum atomic E-state index is -0.188. The molecule has 0 saturated heterocycles. The van der Waals surface area contributed by atoms with Crippen molar-refractivity contribution in [3.63, 3.8) is 0 Å². The topological polar surface area (TPSA) is 97.1 Å². The maximum atomic E-state index is 12.0. The lowest BCUT2D eigenvalue weighted by molar-refractivity contribution is 0.0945. The number of carbonyl (C=O) groups is 2. The first-order valence-electron chi connectivity index (χ1n) is 7.37. The number of benzene rings is 1. The first-order valence-corrected chi connectivity index (χ1v) is 8.25. The van der Waals surface area contributed by atoms with Crippen molar-refractivity contribution in [3.05, 3.63) is 51.5 Å². The highest BCUT2D eigenvalue weighted by Crippen LogP contribution is 2.10. The number of amides is 2. The van der Waals surface area contributed by atoms with E-state index in [2.05, 4.69) is 15.6 Å².